The Morgan fingerprint density at radius 1 is 1.07 bits per heavy atom. The molecular weight excluding hydrogens is 364 g/mol. The number of fused-ring (bicyclic) bond motifs is 6. The summed E-state index contributed by atoms with van der Waals surface area (Å²) in [4.78, 5) is 4.70. The molecule has 30 heavy (non-hydrogen) atoms. The van der Waals surface area contributed by atoms with E-state index in [1.54, 1.807) is 5.57 Å². The topological polar surface area (TPSA) is 17.8 Å². The van der Waals surface area contributed by atoms with Crippen molar-refractivity contribution in [2.45, 2.75) is 59.3 Å². The molecule has 0 aliphatic heterocycles. The van der Waals surface area contributed by atoms with Gasteiger partial charge in [-0.1, -0.05) is 62.8 Å². The SMILES string of the molecule is C=C1C[C@@]2(C)C(=CCC3C2CC[C@]2(C)C(n4cnc5ccccc54)=CCC32)C[C@H]1C. The van der Waals surface area contributed by atoms with E-state index in [9.17, 15) is 0 Å². The van der Waals surface area contributed by atoms with Gasteiger partial charge in [0.25, 0.3) is 0 Å². The van der Waals surface area contributed by atoms with Gasteiger partial charge in [-0.05, 0) is 79.7 Å². The van der Waals surface area contributed by atoms with E-state index in [1.807, 2.05) is 0 Å². The first kappa shape index (κ1) is 18.7. The summed E-state index contributed by atoms with van der Waals surface area (Å²) in [6.07, 6.45) is 14.8. The number of imidazole rings is 1. The van der Waals surface area contributed by atoms with Crippen LogP contribution >= 0.6 is 0 Å². The van der Waals surface area contributed by atoms with Gasteiger partial charge in [0.2, 0.25) is 0 Å². The highest BCUT2D eigenvalue weighted by Gasteiger charge is 2.57. The molecule has 6 rings (SSSR count). The molecule has 2 saturated carbocycles. The van der Waals surface area contributed by atoms with E-state index in [4.69, 9.17) is 4.98 Å². The smallest absolute Gasteiger partial charge is 0.100 e. The largest absolute Gasteiger partial charge is 0.302 e. The number of rotatable bonds is 1. The highest BCUT2D eigenvalue weighted by atomic mass is 15.1. The Hall–Kier alpha value is -2.09. The second kappa shape index (κ2) is 6.22. The summed E-state index contributed by atoms with van der Waals surface area (Å²) in [5.74, 6) is 3.01. The molecule has 2 heteroatoms. The fourth-order valence-electron chi connectivity index (χ4n) is 7.91. The Labute approximate surface area is 180 Å². The highest BCUT2D eigenvalue weighted by Crippen LogP contribution is 2.66. The lowest BCUT2D eigenvalue weighted by atomic mass is 9.47. The van der Waals surface area contributed by atoms with Crippen LogP contribution in [0.2, 0.25) is 0 Å². The highest BCUT2D eigenvalue weighted by molar-refractivity contribution is 5.80. The molecule has 2 aromatic rings. The Kier molecular flexibility index (Phi) is 3.87. The molecule has 0 radical (unpaired) electrons. The van der Waals surface area contributed by atoms with Crippen molar-refractivity contribution in [3.05, 3.63) is 60.5 Å². The van der Waals surface area contributed by atoms with Crippen molar-refractivity contribution in [1.82, 2.24) is 9.55 Å². The van der Waals surface area contributed by atoms with Crippen molar-refractivity contribution in [2.75, 3.05) is 0 Å². The molecule has 4 aliphatic rings. The van der Waals surface area contributed by atoms with Gasteiger partial charge in [0, 0.05) is 11.1 Å². The molecule has 0 spiro atoms. The summed E-state index contributed by atoms with van der Waals surface area (Å²) in [5.41, 5.74) is 7.69. The van der Waals surface area contributed by atoms with Gasteiger partial charge in [-0.3, -0.25) is 0 Å². The van der Waals surface area contributed by atoms with Gasteiger partial charge in [0.05, 0.1) is 11.0 Å². The lowest BCUT2D eigenvalue weighted by Crippen LogP contribution is -2.49. The van der Waals surface area contributed by atoms with Crippen LogP contribution in [0.15, 0.2) is 60.5 Å². The van der Waals surface area contributed by atoms with Crippen molar-refractivity contribution in [3.8, 4) is 0 Å². The molecule has 1 heterocycles. The maximum absolute atomic E-state index is 4.70. The third kappa shape index (κ3) is 2.34. The number of aromatic nitrogens is 2. The lowest BCUT2D eigenvalue weighted by molar-refractivity contribution is -0.00731. The Morgan fingerprint density at radius 2 is 1.90 bits per heavy atom. The summed E-state index contributed by atoms with van der Waals surface area (Å²) in [6.45, 7) is 12.0. The first-order chi connectivity index (χ1) is 14.4. The van der Waals surface area contributed by atoms with E-state index < -0.39 is 0 Å². The molecular formula is C28H34N2. The van der Waals surface area contributed by atoms with Crippen molar-refractivity contribution in [3.63, 3.8) is 0 Å². The molecule has 0 N–H and O–H groups in total. The van der Waals surface area contributed by atoms with Crippen molar-refractivity contribution < 1.29 is 0 Å². The summed E-state index contributed by atoms with van der Waals surface area (Å²) in [5, 5.41) is 0. The molecule has 1 aromatic carbocycles. The van der Waals surface area contributed by atoms with Crippen molar-refractivity contribution in [2.24, 2.45) is 34.5 Å². The van der Waals surface area contributed by atoms with Gasteiger partial charge < -0.3 is 4.57 Å². The van der Waals surface area contributed by atoms with E-state index in [1.165, 1.54) is 55.3 Å². The molecule has 156 valence electrons. The zero-order valence-corrected chi connectivity index (χ0v) is 18.7. The minimum Gasteiger partial charge on any atom is -0.302 e. The molecule has 4 aliphatic carbocycles. The van der Waals surface area contributed by atoms with Gasteiger partial charge in [-0.25, -0.2) is 4.98 Å². The second-order valence-corrected chi connectivity index (χ2v) is 11.1. The summed E-state index contributed by atoms with van der Waals surface area (Å²) >= 11 is 0. The number of allylic oxidation sites excluding steroid dienone is 5. The molecule has 2 nitrogen and oxygen atoms in total. The van der Waals surface area contributed by atoms with Crippen LogP contribution < -0.4 is 0 Å². The minimum atomic E-state index is 0.255. The fraction of sp³-hybridized carbons (Fsp3) is 0.536. The third-order valence-electron chi connectivity index (χ3n) is 9.70. The number of hydrogen-bond acceptors (Lipinski definition) is 1. The standard InChI is InChI=1S/C28H34N2/c1-18-15-20-9-10-21-22-11-12-26(30-17-29-24-7-5-6-8-25(24)30)27(22,3)14-13-23(21)28(20,4)16-19(18)2/h5-9,12,17-18,21-23H,2,10-11,13-16H2,1,3-4H3/t18-,21?,22?,23?,27+,28+/m1/s1. The van der Waals surface area contributed by atoms with E-state index in [-0.39, 0.29) is 5.41 Å². The first-order valence-electron chi connectivity index (χ1n) is 11.9. The van der Waals surface area contributed by atoms with Crippen LogP contribution in [0.3, 0.4) is 0 Å². The normalized spacial score (nSPS) is 40.4. The summed E-state index contributed by atoms with van der Waals surface area (Å²) < 4.78 is 2.39. The van der Waals surface area contributed by atoms with Gasteiger partial charge in [-0.15, -0.1) is 0 Å². The van der Waals surface area contributed by atoms with Crippen LogP contribution in [0, 0.1) is 34.5 Å². The predicted octanol–water partition coefficient (Wildman–Crippen LogP) is 7.25. The maximum atomic E-state index is 4.70. The molecule has 1 aromatic heterocycles. The first-order valence-corrected chi connectivity index (χ1v) is 11.9. The number of para-hydroxylation sites is 2. The van der Waals surface area contributed by atoms with Crippen LogP contribution in [0.1, 0.15) is 59.3 Å². The number of benzene rings is 1. The second-order valence-electron chi connectivity index (χ2n) is 11.1. The third-order valence-corrected chi connectivity index (χ3v) is 9.70. The minimum absolute atomic E-state index is 0.255. The van der Waals surface area contributed by atoms with Crippen molar-refractivity contribution >= 4 is 16.7 Å². The van der Waals surface area contributed by atoms with E-state index in [0.717, 1.165) is 23.3 Å². The molecule has 6 atom stereocenters. The van der Waals surface area contributed by atoms with Crippen molar-refractivity contribution in [1.29, 1.82) is 0 Å². The predicted molar refractivity (Wildman–Crippen MR) is 125 cm³/mol. The molecule has 0 amide bonds. The van der Waals surface area contributed by atoms with E-state index in [2.05, 4.69) is 74.7 Å². The maximum Gasteiger partial charge on any atom is 0.100 e. The molecule has 2 fully saturated rings. The van der Waals surface area contributed by atoms with Crippen LogP contribution in [0.4, 0.5) is 0 Å². The van der Waals surface area contributed by atoms with Crippen LogP contribution in [0.5, 0.6) is 0 Å². The summed E-state index contributed by atoms with van der Waals surface area (Å²) in [7, 11) is 0. The van der Waals surface area contributed by atoms with Crippen LogP contribution in [-0.4, -0.2) is 9.55 Å². The number of hydrogen-bond donors (Lipinski definition) is 0. The van der Waals surface area contributed by atoms with Gasteiger partial charge in [0.1, 0.15) is 6.33 Å². The molecule has 0 saturated heterocycles. The van der Waals surface area contributed by atoms with Gasteiger partial charge in [-0.2, -0.15) is 0 Å². The van der Waals surface area contributed by atoms with Gasteiger partial charge >= 0.3 is 0 Å². The fourth-order valence-corrected chi connectivity index (χ4v) is 7.91. The van der Waals surface area contributed by atoms with Crippen LogP contribution in [-0.2, 0) is 0 Å². The average Bonchev–Trinajstić information content (AvgIpc) is 3.29. The van der Waals surface area contributed by atoms with E-state index in [0.29, 0.717) is 11.3 Å². The van der Waals surface area contributed by atoms with E-state index >= 15 is 0 Å². The van der Waals surface area contributed by atoms with Gasteiger partial charge in [0.15, 0.2) is 0 Å². The lowest BCUT2D eigenvalue weighted by Gasteiger charge is -2.58. The molecule has 3 unspecified atom stereocenters. The quantitative estimate of drug-likeness (QED) is 0.462. The summed E-state index contributed by atoms with van der Waals surface area (Å²) in [6, 6.07) is 8.57. The van der Waals surface area contributed by atoms with Crippen LogP contribution in [0.25, 0.3) is 16.7 Å². The molecule has 0 bridgehead atoms. The monoisotopic (exact) mass is 398 g/mol. The zero-order chi connectivity index (χ0) is 20.7. The zero-order valence-electron chi connectivity index (χ0n) is 18.7. The average molecular weight is 399 g/mol. The Balaban J connectivity index is 1.37. The Morgan fingerprint density at radius 3 is 2.77 bits per heavy atom. The number of nitrogens with zero attached hydrogens (tertiary/aromatic N) is 2. The Bertz CT molecular complexity index is 1100.